The minimum Gasteiger partial charge on any atom is -0.456 e. The summed E-state index contributed by atoms with van der Waals surface area (Å²) in [5.74, 6) is -0.321. The van der Waals surface area contributed by atoms with Crippen molar-refractivity contribution in [3.63, 3.8) is 0 Å². The number of fused-ring (bicyclic) bond motifs is 1. The summed E-state index contributed by atoms with van der Waals surface area (Å²) in [7, 11) is 0. The van der Waals surface area contributed by atoms with E-state index in [9.17, 15) is 4.79 Å². The molecule has 0 unspecified atom stereocenters. The van der Waals surface area contributed by atoms with E-state index in [1.165, 1.54) is 11.3 Å². The van der Waals surface area contributed by atoms with Crippen LogP contribution in [0.25, 0.3) is 10.2 Å². The highest BCUT2D eigenvalue weighted by Crippen LogP contribution is 2.32. The van der Waals surface area contributed by atoms with Crippen LogP contribution in [0.1, 0.15) is 36.8 Å². The Morgan fingerprint density at radius 3 is 2.72 bits per heavy atom. The molecule has 2 rings (SSSR count). The lowest BCUT2D eigenvalue weighted by atomic mass is 10.2. The molecule has 96 valence electrons. The molecule has 2 aromatic rings. The summed E-state index contributed by atoms with van der Waals surface area (Å²) in [5.41, 5.74) is 1.62. The Labute approximate surface area is 118 Å². The summed E-state index contributed by atoms with van der Waals surface area (Å²) in [6.07, 6.45) is 0. The van der Waals surface area contributed by atoms with Crippen LogP contribution in [-0.2, 0) is 4.74 Å². The molecule has 2 heterocycles. The molecule has 18 heavy (non-hydrogen) atoms. The predicted molar refractivity (Wildman–Crippen MR) is 77.2 cm³/mol. The van der Waals surface area contributed by atoms with Gasteiger partial charge >= 0.3 is 5.97 Å². The van der Waals surface area contributed by atoms with E-state index < -0.39 is 5.60 Å². The average Bonchev–Trinajstić information content (AvgIpc) is 2.58. The summed E-state index contributed by atoms with van der Waals surface area (Å²) in [6, 6.07) is 1.94. The Balaban J connectivity index is 2.49. The number of hydrogen-bond acceptors (Lipinski definition) is 4. The smallest absolute Gasteiger partial charge is 0.341 e. The second-order valence-corrected chi connectivity index (χ2v) is 6.81. The SMILES string of the molecule is Cc1cc(Br)c2scc(C(=O)OC(C)(C)C)c2n1. The molecule has 3 nitrogen and oxygen atoms in total. The number of thiophene rings is 1. The van der Waals surface area contributed by atoms with Gasteiger partial charge in [-0.15, -0.1) is 11.3 Å². The second kappa shape index (κ2) is 4.63. The van der Waals surface area contributed by atoms with E-state index in [4.69, 9.17) is 4.74 Å². The van der Waals surface area contributed by atoms with Gasteiger partial charge in [0.05, 0.1) is 15.8 Å². The minimum atomic E-state index is -0.494. The molecule has 5 heteroatoms. The Morgan fingerprint density at radius 1 is 1.44 bits per heavy atom. The molecule has 2 aromatic heterocycles. The van der Waals surface area contributed by atoms with Crippen LogP contribution in [0.2, 0.25) is 0 Å². The van der Waals surface area contributed by atoms with Crippen molar-refractivity contribution in [3.05, 3.63) is 27.2 Å². The third-order valence-electron chi connectivity index (χ3n) is 2.22. The molecule has 0 atom stereocenters. The monoisotopic (exact) mass is 327 g/mol. The zero-order valence-corrected chi connectivity index (χ0v) is 13.1. The van der Waals surface area contributed by atoms with Gasteiger partial charge in [0.25, 0.3) is 0 Å². The van der Waals surface area contributed by atoms with Gasteiger partial charge in [-0.25, -0.2) is 4.79 Å². The first-order chi connectivity index (χ1) is 8.28. The van der Waals surface area contributed by atoms with E-state index in [1.807, 2.05) is 33.8 Å². The number of rotatable bonds is 1. The normalized spacial score (nSPS) is 11.8. The zero-order chi connectivity index (χ0) is 13.5. The van der Waals surface area contributed by atoms with Gasteiger partial charge in [0.2, 0.25) is 0 Å². The third-order valence-corrected chi connectivity index (χ3v) is 4.11. The number of ether oxygens (including phenoxy) is 1. The third kappa shape index (κ3) is 2.72. The first-order valence-electron chi connectivity index (χ1n) is 5.55. The molecule has 0 radical (unpaired) electrons. The van der Waals surface area contributed by atoms with E-state index in [0.29, 0.717) is 11.1 Å². The van der Waals surface area contributed by atoms with Gasteiger partial charge in [0, 0.05) is 15.5 Å². The maximum Gasteiger partial charge on any atom is 0.341 e. The lowest BCUT2D eigenvalue weighted by molar-refractivity contribution is 0.00721. The Morgan fingerprint density at radius 2 is 2.11 bits per heavy atom. The molecule has 0 aliphatic heterocycles. The van der Waals surface area contributed by atoms with Crippen molar-refractivity contribution in [3.8, 4) is 0 Å². The van der Waals surface area contributed by atoms with Crippen LogP contribution in [0.4, 0.5) is 0 Å². The van der Waals surface area contributed by atoms with Gasteiger partial charge in [-0.3, -0.25) is 4.98 Å². The van der Waals surface area contributed by atoms with Crippen LogP contribution in [0.5, 0.6) is 0 Å². The number of hydrogen-bond donors (Lipinski definition) is 0. The number of carbonyl (C=O) groups excluding carboxylic acids is 1. The maximum atomic E-state index is 12.1. The van der Waals surface area contributed by atoms with Crippen molar-refractivity contribution < 1.29 is 9.53 Å². The number of pyridine rings is 1. The van der Waals surface area contributed by atoms with Gasteiger partial charge in [-0.05, 0) is 49.7 Å². The largest absolute Gasteiger partial charge is 0.456 e. The number of aromatic nitrogens is 1. The molecule has 0 aliphatic rings. The molecule has 0 spiro atoms. The van der Waals surface area contributed by atoms with Crippen molar-refractivity contribution in [2.75, 3.05) is 0 Å². The molecule has 0 bridgehead atoms. The molecule has 0 saturated carbocycles. The minimum absolute atomic E-state index is 0.321. The highest BCUT2D eigenvalue weighted by molar-refractivity contribution is 9.10. The summed E-state index contributed by atoms with van der Waals surface area (Å²) in [5, 5.41) is 1.80. The molecule has 0 saturated heterocycles. The first-order valence-corrected chi connectivity index (χ1v) is 7.23. The second-order valence-electron chi connectivity index (χ2n) is 5.07. The molecule has 0 amide bonds. The van der Waals surface area contributed by atoms with Crippen molar-refractivity contribution in [1.82, 2.24) is 4.98 Å². The standard InChI is InChI=1S/C13H14BrNO2S/c1-7-5-9(14)11-10(15-7)8(6-18-11)12(16)17-13(2,3)4/h5-6H,1-4H3. The summed E-state index contributed by atoms with van der Waals surface area (Å²) in [6.45, 7) is 7.47. The summed E-state index contributed by atoms with van der Waals surface area (Å²) < 4.78 is 7.32. The fourth-order valence-corrected chi connectivity index (χ4v) is 3.25. The average molecular weight is 328 g/mol. The number of esters is 1. The van der Waals surface area contributed by atoms with Crippen LogP contribution >= 0.6 is 27.3 Å². The van der Waals surface area contributed by atoms with Crippen LogP contribution in [0.3, 0.4) is 0 Å². The lowest BCUT2D eigenvalue weighted by Crippen LogP contribution is -2.23. The van der Waals surface area contributed by atoms with Crippen molar-refractivity contribution in [2.45, 2.75) is 33.3 Å². The summed E-state index contributed by atoms with van der Waals surface area (Å²) in [4.78, 5) is 16.5. The Hall–Kier alpha value is -0.940. The topological polar surface area (TPSA) is 39.2 Å². The maximum absolute atomic E-state index is 12.1. The number of nitrogens with zero attached hydrogens (tertiary/aromatic N) is 1. The van der Waals surface area contributed by atoms with Crippen molar-refractivity contribution in [1.29, 1.82) is 0 Å². The highest BCUT2D eigenvalue weighted by atomic mass is 79.9. The molecular formula is C13H14BrNO2S. The van der Waals surface area contributed by atoms with Crippen LogP contribution < -0.4 is 0 Å². The first kappa shape index (κ1) is 13.5. The Kier molecular flexibility index (Phi) is 3.47. The lowest BCUT2D eigenvalue weighted by Gasteiger charge is -2.19. The molecule has 0 aliphatic carbocycles. The molecule has 0 N–H and O–H groups in total. The fraction of sp³-hybridized carbons (Fsp3) is 0.385. The number of aryl methyl sites for hydroxylation is 1. The van der Waals surface area contributed by atoms with Crippen molar-refractivity contribution >= 4 is 43.5 Å². The van der Waals surface area contributed by atoms with E-state index >= 15 is 0 Å². The van der Waals surface area contributed by atoms with Gasteiger partial charge in [-0.1, -0.05) is 0 Å². The molecule has 0 aromatic carbocycles. The van der Waals surface area contributed by atoms with E-state index in [1.54, 1.807) is 5.38 Å². The van der Waals surface area contributed by atoms with Gasteiger partial charge < -0.3 is 4.74 Å². The molecule has 0 fully saturated rings. The van der Waals surface area contributed by atoms with Crippen LogP contribution in [0.15, 0.2) is 15.9 Å². The quantitative estimate of drug-likeness (QED) is 0.732. The van der Waals surface area contributed by atoms with E-state index in [-0.39, 0.29) is 5.97 Å². The number of halogens is 1. The summed E-state index contributed by atoms with van der Waals surface area (Å²) >= 11 is 4.98. The number of carbonyl (C=O) groups is 1. The fourth-order valence-electron chi connectivity index (χ4n) is 1.57. The van der Waals surface area contributed by atoms with Crippen molar-refractivity contribution in [2.24, 2.45) is 0 Å². The van der Waals surface area contributed by atoms with Gasteiger partial charge in [0.15, 0.2) is 0 Å². The Bertz CT molecular complexity index is 613. The zero-order valence-electron chi connectivity index (χ0n) is 10.7. The van der Waals surface area contributed by atoms with Crippen LogP contribution in [-0.4, -0.2) is 16.6 Å². The van der Waals surface area contributed by atoms with Gasteiger partial charge in [-0.2, -0.15) is 0 Å². The van der Waals surface area contributed by atoms with Gasteiger partial charge in [0.1, 0.15) is 5.60 Å². The molecular weight excluding hydrogens is 314 g/mol. The predicted octanol–water partition coefficient (Wildman–Crippen LogP) is 4.32. The van der Waals surface area contributed by atoms with E-state index in [2.05, 4.69) is 20.9 Å². The van der Waals surface area contributed by atoms with Crippen LogP contribution in [0, 0.1) is 6.92 Å². The highest BCUT2D eigenvalue weighted by Gasteiger charge is 2.22. The van der Waals surface area contributed by atoms with E-state index in [0.717, 1.165) is 14.9 Å².